The van der Waals surface area contributed by atoms with Crippen LogP contribution in [0.1, 0.15) is 38.4 Å². The molecular weight excluding hydrogens is 309 g/mol. The van der Waals surface area contributed by atoms with Crippen LogP contribution in [0.2, 0.25) is 0 Å². The van der Waals surface area contributed by atoms with E-state index in [-0.39, 0.29) is 22.2 Å². The van der Waals surface area contributed by atoms with Gasteiger partial charge in [0, 0.05) is 5.41 Å². The summed E-state index contributed by atoms with van der Waals surface area (Å²) in [5.41, 5.74) is -0.298. The summed E-state index contributed by atoms with van der Waals surface area (Å²) in [6.07, 6.45) is -4.65. The first-order valence-corrected chi connectivity index (χ1v) is 6.81. The summed E-state index contributed by atoms with van der Waals surface area (Å²) >= 11 is 0.929. The van der Waals surface area contributed by atoms with Crippen LogP contribution in [-0.4, -0.2) is 25.1 Å². The van der Waals surface area contributed by atoms with Gasteiger partial charge in [-0.3, -0.25) is 0 Å². The van der Waals surface area contributed by atoms with Gasteiger partial charge in [0.05, 0.1) is 5.75 Å². The smallest absolute Gasteiger partial charge is 0.424 e. The van der Waals surface area contributed by atoms with E-state index in [0.29, 0.717) is 10.6 Å². The fraction of sp³-hybridized carbons (Fsp3) is 0.600. The number of thioether (sulfide) groups is 1. The van der Waals surface area contributed by atoms with Crippen molar-refractivity contribution < 1.29 is 17.6 Å². The number of hydrogen-bond acceptors (Lipinski definition) is 7. The molecule has 0 saturated carbocycles. The van der Waals surface area contributed by atoms with E-state index in [9.17, 15) is 13.2 Å². The molecule has 2 aromatic rings. The molecule has 0 spiro atoms. The lowest BCUT2D eigenvalue weighted by Gasteiger charge is -2.10. The van der Waals surface area contributed by atoms with Crippen LogP contribution in [0.4, 0.5) is 13.2 Å². The topological polar surface area (TPSA) is 95.7 Å². The van der Waals surface area contributed by atoms with Crippen molar-refractivity contribution in [3.05, 3.63) is 17.6 Å². The van der Waals surface area contributed by atoms with E-state index in [0.717, 1.165) is 11.8 Å². The van der Waals surface area contributed by atoms with E-state index >= 15 is 0 Å². The zero-order valence-electron chi connectivity index (χ0n) is 11.5. The second-order valence-electron chi connectivity index (χ2n) is 5.21. The molecular formula is C10H13F3N6OS. The number of nitrogen functional groups attached to an aromatic ring is 1. The van der Waals surface area contributed by atoms with Crippen molar-refractivity contribution in [1.82, 2.24) is 25.1 Å². The van der Waals surface area contributed by atoms with Crippen LogP contribution in [-0.2, 0) is 17.3 Å². The summed E-state index contributed by atoms with van der Waals surface area (Å²) in [6, 6.07) is 0. The van der Waals surface area contributed by atoms with Gasteiger partial charge < -0.3 is 10.3 Å². The molecule has 0 radical (unpaired) electrons. The second kappa shape index (κ2) is 5.20. The molecule has 11 heteroatoms. The van der Waals surface area contributed by atoms with Crippen molar-refractivity contribution in [2.45, 2.75) is 43.3 Å². The first kappa shape index (κ1) is 15.6. The van der Waals surface area contributed by atoms with Gasteiger partial charge in [0.25, 0.3) is 5.82 Å². The monoisotopic (exact) mass is 322 g/mol. The van der Waals surface area contributed by atoms with Crippen molar-refractivity contribution in [1.29, 1.82) is 0 Å². The van der Waals surface area contributed by atoms with Crippen LogP contribution < -0.4 is 5.84 Å². The standard InChI is InChI=1S/C10H13F3N6OS/c1-9(2,3)7-17-15-5(20-7)4-21-8-18-16-6(19(8)14)10(11,12)13/h4,14H2,1-3H3. The van der Waals surface area contributed by atoms with Gasteiger partial charge in [0.1, 0.15) is 0 Å². The fourth-order valence-electron chi connectivity index (χ4n) is 1.31. The Bertz CT molecular complexity index is 630. The molecule has 0 bridgehead atoms. The summed E-state index contributed by atoms with van der Waals surface area (Å²) in [5.74, 6) is 4.93. The molecule has 0 aromatic carbocycles. The maximum Gasteiger partial charge on any atom is 0.453 e. The number of nitrogens with two attached hydrogens (primary N) is 1. The van der Waals surface area contributed by atoms with Crippen LogP contribution in [0.25, 0.3) is 0 Å². The SMILES string of the molecule is CC(C)(C)c1nnc(CSc2nnc(C(F)(F)F)n2N)o1. The number of halogens is 3. The van der Waals surface area contributed by atoms with Crippen molar-refractivity contribution >= 4 is 11.8 Å². The molecule has 0 aliphatic rings. The van der Waals surface area contributed by atoms with Crippen molar-refractivity contribution in [3.8, 4) is 0 Å². The van der Waals surface area contributed by atoms with Gasteiger partial charge in [-0.05, 0) is 0 Å². The van der Waals surface area contributed by atoms with E-state index in [1.54, 1.807) is 0 Å². The van der Waals surface area contributed by atoms with E-state index < -0.39 is 12.0 Å². The molecule has 2 heterocycles. The largest absolute Gasteiger partial charge is 0.453 e. The molecule has 0 unspecified atom stereocenters. The van der Waals surface area contributed by atoms with Crippen molar-refractivity contribution in [2.24, 2.45) is 0 Å². The predicted octanol–water partition coefficient (Wildman–Crippen LogP) is 1.98. The average molecular weight is 322 g/mol. The summed E-state index contributed by atoms with van der Waals surface area (Å²) in [6.45, 7) is 5.72. The molecule has 0 amide bonds. The van der Waals surface area contributed by atoms with Gasteiger partial charge >= 0.3 is 6.18 Å². The van der Waals surface area contributed by atoms with E-state index in [2.05, 4.69) is 20.4 Å². The van der Waals surface area contributed by atoms with Crippen LogP contribution in [0.15, 0.2) is 9.57 Å². The zero-order valence-corrected chi connectivity index (χ0v) is 12.3. The molecule has 7 nitrogen and oxygen atoms in total. The van der Waals surface area contributed by atoms with E-state index in [4.69, 9.17) is 10.3 Å². The van der Waals surface area contributed by atoms with E-state index in [1.807, 2.05) is 20.8 Å². The Kier molecular flexibility index (Phi) is 3.87. The highest BCUT2D eigenvalue weighted by Crippen LogP contribution is 2.30. The molecule has 0 aliphatic carbocycles. The number of hydrogen-bond donors (Lipinski definition) is 1. The van der Waals surface area contributed by atoms with Crippen molar-refractivity contribution in [2.75, 3.05) is 5.84 Å². The van der Waals surface area contributed by atoms with Crippen LogP contribution >= 0.6 is 11.8 Å². The number of alkyl halides is 3. The van der Waals surface area contributed by atoms with Gasteiger partial charge in [-0.25, -0.2) is 4.68 Å². The Labute approximate surface area is 122 Å². The highest BCUT2D eigenvalue weighted by molar-refractivity contribution is 7.98. The van der Waals surface area contributed by atoms with Gasteiger partial charge in [-0.15, -0.1) is 20.4 Å². The maximum atomic E-state index is 12.5. The third-order valence-corrected chi connectivity index (χ3v) is 3.28. The molecule has 0 fully saturated rings. The predicted molar refractivity (Wildman–Crippen MR) is 67.7 cm³/mol. The maximum absolute atomic E-state index is 12.5. The quantitative estimate of drug-likeness (QED) is 0.682. The summed E-state index contributed by atoms with van der Waals surface area (Å²) < 4.78 is 43.3. The van der Waals surface area contributed by atoms with E-state index in [1.165, 1.54) is 0 Å². The normalized spacial score (nSPS) is 12.9. The van der Waals surface area contributed by atoms with Gasteiger partial charge in [-0.2, -0.15) is 13.2 Å². The molecule has 0 aliphatic heterocycles. The lowest BCUT2D eigenvalue weighted by Crippen LogP contribution is -2.21. The highest BCUT2D eigenvalue weighted by Gasteiger charge is 2.38. The first-order valence-electron chi connectivity index (χ1n) is 5.82. The minimum absolute atomic E-state index is 0.0853. The summed E-state index contributed by atoms with van der Waals surface area (Å²) in [5, 5.41) is 14.0. The van der Waals surface area contributed by atoms with Crippen LogP contribution in [0.3, 0.4) is 0 Å². The minimum Gasteiger partial charge on any atom is -0.424 e. The Morgan fingerprint density at radius 1 is 1.14 bits per heavy atom. The molecule has 21 heavy (non-hydrogen) atoms. The average Bonchev–Trinajstić information content (AvgIpc) is 2.91. The first-order chi connectivity index (χ1) is 9.59. The Morgan fingerprint density at radius 3 is 2.29 bits per heavy atom. The molecule has 0 saturated heterocycles. The van der Waals surface area contributed by atoms with Gasteiger partial charge in [0.15, 0.2) is 0 Å². The lowest BCUT2D eigenvalue weighted by molar-refractivity contribution is -0.146. The lowest BCUT2D eigenvalue weighted by atomic mass is 9.97. The fourth-order valence-corrected chi connectivity index (χ4v) is 2.00. The highest BCUT2D eigenvalue weighted by atomic mass is 32.2. The summed E-state index contributed by atoms with van der Waals surface area (Å²) in [4.78, 5) is 0. The van der Waals surface area contributed by atoms with Gasteiger partial charge in [-0.1, -0.05) is 32.5 Å². The molecule has 116 valence electrons. The molecule has 2 rings (SSSR count). The number of rotatable bonds is 3. The summed E-state index contributed by atoms with van der Waals surface area (Å²) in [7, 11) is 0. The number of aromatic nitrogens is 5. The molecule has 2 N–H and O–H groups in total. The van der Waals surface area contributed by atoms with Crippen LogP contribution in [0, 0.1) is 0 Å². The molecule has 0 atom stereocenters. The Balaban J connectivity index is 2.07. The Hall–Kier alpha value is -1.78. The third-order valence-electron chi connectivity index (χ3n) is 2.35. The Morgan fingerprint density at radius 2 is 1.81 bits per heavy atom. The molecule has 2 aromatic heterocycles. The second-order valence-corrected chi connectivity index (χ2v) is 6.16. The van der Waals surface area contributed by atoms with Crippen molar-refractivity contribution in [3.63, 3.8) is 0 Å². The minimum atomic E-state index is -4.65. The van der Waals surface area contributed by atoms with Gasteiger partial charge in [0.2, 0.25) is 16.9 Å². The number of nitrogens with zero attached hydrogens (tertiary/aromatic N) is 5. The van der Waals surface area contributed by atoms with Crippen LogP contribution in [0.5, 0.6) is 0 Å². The zero-order chi connectivity index (χ0) is 15.8. The third kappa shape index (κ3) is 3.46.